The Morgan fingerprint density at radius 3 is 2.73 bits per heavy atom. The highest BCUT2D eigenvalue weighted by Crippen LogP contribution is 2.29. The zero-order valence-corrected chi connectivity index (χ0v) is 17.5. The van der Waals surface area contributed by atoms with Gasteiger partial charge in [0.05, 0.1) is 23.6 Å². The summed E-state index contributed by atoms with van der Waals surface area (Å²) in [6, 6.07) is 7.67. The van der Waals surface area contributed by atoms with E-state index in [0.29, 0.717) is 33.2 Å². The average Bonchev–Trinajstić information content (AvgIpc) is 3.36. The number of hydrogen-bond acceptors (Lipinski definition) is 7. The van der Waals surface area contributed by atoms with Crippen molar-refractivity contribution in [3.63, 3.8) is 0 Å². The van der Waals surface area contributed by atoms with E-state index in [1.165, 1.54) is 17.7 Å². The summed E-state index contributed by atoms with van der Waals surface area (Å²) in [5, 5.41) is 5.33. The molecule has 0 aliphatic rings. The molecule has 1 aromatic carbocycles. The van der Waals surface area contributed by atoms with Gasteiger partial charge in [-0.2, -0.15) is 0 Å². The van der Waals surface area contributed by atoms with Crippen LogP contribution < -0.4 is 10.9 Å². The van der Waals surface area contributed by atoms with Crippen LogP contribution in [0.15, 0.2) is 47.1 Å². The Bertz CT molecular complexity index is 1430. The molecule has 4 heterocycles. The number of aromatic amines is 1. The SMILES string of the molecule is Cc1ccc(-c2c(C(C)Nc3ncnc4nc[nH]c34)nc3scc(C)n3c2=O)cc1. The molecule has 150 valence electrons. The molecule has 2 N–H and O–H groups in total. The quantitative estimate of drug-likeness (QED) is 0.460. The van der Waals surface area contributed by atoms with Gasteiger partial charge in [-0.1, -0.05) is 29.8 Å². The van der Waals surface area contributed by atoms with Gasteiger partial charge in [0, 0.05) is 11.1 Å². The molecule has 0 amide bonds. The van der Waals surface area contributed by atoms with E-state index in [9.17, 15) is 4.79 Å². The Kier molecular flexibility index (Phi) is 4.32. The van der Waals surface area contributed by atoms with Crippen molar-refractivity contribution in [2.24, 2.45) is 0 Å². The van der Waals surface area contributed by atoms with E-state index < -0.39 is 0 Å². The van der Waals surface area contributed by atoms with Crippen LogP contribution in [0.1, 0.15) is 29.9 Å². The number of H-pyrrole nitrogens is 1. The zero-order chi connectivity index (χ0) is 20.8. The van der Waals surface area contributed by atoms with Gasteiger partial charge < -0.3 is 10.3 Å². The second-order valence-electron chi connectivity index (χ2n) is 7.23. The minimum absolute atomic E-state index is 0.0689. The second-order valence-corrected chi connectivity index (χ2v) is 8.06. The predicted molar refractivity (Wildman–Crippen MR) is 118 cm³/mol. The molecule has 0 saturated carbocycles. The smallest absolute Gasteiger partial charge is 0.266 e. The van der Waals surface area contributed by atoms with E-state index in [1.807, 2.05) is 50.4 Å². The third-order valence-corrected chi connectivity index (χ3v) is 6.04. The first kappa shape index (κ1) is 18.4. The summed E-state index contributed by atoms with van der Waals surface area (Å²) in [6.07, 6.45) is 3.05. The lowest BCUT2D eigenvalue weighted by atomic mass is 10.0. The lowest BCUT2D eigenvalue weighted by molar-refractivity contribution is 0.826. The molecule has 0 spiro atoms. The number of imidazole rings is 1. The van der Waals surface area contributed by atoms with Gasteiger partial charge in [-0.25, -0.2) is 19.9 Å². The van der Waals surface area contributed by atoms with Crippen molar-refractivity contribution >= 4 is 33.3 Å². The number of nitrogens with zero attached hydrogens (tertiary/aromatic N) is 5. The van der Waals surface area contributed by atoms with Crippen LogP contribution in [0.5, 0.6) is 0 Å². The average molecular weight is 417 g/mol. The van der Waals surface area contributed by atoms with Crippen molar-refractivity contribution in [1.29, 1.82) is 0 Å². The number of aromatic nitrogens is 6. The molecule has 30 heavy (non-hydrogen) atoms. The zero-order valence-electron chi connectivity index (χ0n) is 16.7. The summed E-state index contributed by atoms with van der Waals surface area (Å²) in [4.78, 5) is 34.8. The fourth-order valence-electron chi connectivity index (χ4n) is 3.55. The second kappa shape index (κ2) is 7.03. The van der Waals surface area contributed by atoms with Crippen molar-refractivity contribution in [1.82, 2.24) is 29.3 Å². The minimum atomic E-state index is -0.275. The molecule has 1 unspecified atom stereocenters. The third kappa shape index (κ3) is 2.94. The maximum absolute atomic E-state index is 13.5. The number of anilines is 1. The minimum Gasteiger partial charge on any atom is -0.360 e. The van der Waals surface area contributed by atoms with Crippen molar-refractivity contribution in [3.05, 3.63) is 69.6 Å². The van der Waals surface area contributed by atoms with Crippen molar-refractivity contribution in [3.8, 4) is 11.1 Å². The Balaban J connectivity index is 1.69. The topological polar surface area (TPSA) is 101 Å². The van der Waals surface area contributed by atoms with Gasteiger partial charge in [0.1, 0.15) is 11.8 Å². The standard InChI is InChI=1S/C21H19N7OS/c1-11-4-6-14(7-5-11)15-16(27-21-28(20(15)29)12(2)8-30-21)13(3)26-19-17-18(23-9-22-17)24-10-25-19/h4-10,13H,1-3H3,(H2,22,23,24,25,26). The number of benzene rings is 1. The van der Waals surface area contributed by atoms with E-state index in [-0.39, 0.29) is 11.6 Å². The Morgan fingerprint density at radius 1 is 1.13 bits per heavy atom. The fourth-order valence-corrected chi connectivity index (χ4v) is 4.42. The Hall–Kier alpha value is -3.59. The highest BCUT2D eigenvalue weighted by atomic mass is 32.1. The first-order chi connectivity index (χ1) is 14.5. The van der Waals surface area contributed by atoms with Gasteiger partial charge in [0.15, 0.2) is 16.4 Å². The highest BCUT2D eigenvalue weighted by Gasteiger charge is 2.22. The van der Waals surface area contributed by atoms with Gasteiger partial charge in [0.2, 0.25) is 0 Å². The van der Waals surface area contributed by atoms with E-state index in [2.05, 4.69) is 25.3 Å². The van der Waals surface area contributed by atoms with Crippen LogP contribution in [0.25, 0.3) is 27.3 Å². The Labute approximate surface area is 175 Å². The van der Waals surface area contributed by atoms with Crippen molar-refractivity contribution in [2.45, 2.75) is 26.8 Å². The predicted octanol–water partition coefficient (Wildman–Crippen LogP) is 3.88. The summed E-state index contributed by atoms with van der Waals surface area (Å²) in [5.41, 5.74) is 5.34. The van der Waals surface area contributed by atoms with Crippen LogP contribution in [-0.2, 0) is 0 Å². The lowest BCUT2D eigenvalue weighted by Gasteiger charge is -2.18. The number of rotatable bonds is 4. The van der Waals surface area contributed by atoms with E-state index in [0.717, 1.165) is 16.8 Å². The molecule has 0 aliphatic carbocycles. The molecule has 0 aliphatic heterocycles. The van der Waals surface area contributed by atoms with Crippen LogP contribution in [0.4, 0.5) is 5.82 Å². The van der Waals surface area contributed by atoms with Crippen LogP contribution in [0.3, 0.4) is 0 Å². The number of nitrogens with one attached hydrogen (secondary N) is 2. The summed E-state index contributed by atoms with van der Waals surface area (Å²) in [5.74, 6) is 0.615. The van der Waals surface area contributed by atoms with Crippen LogP contribution in [0, 0.1) is 13.8 Å². The molecular weight excluding hydrogens is 398 g/mol. The van der Waals surface area contributed by atoms with Crippen LogP contribution >= 0.6 is 11.3 Å². The van der Waals surface area contributed by atoms with Crippen LogP contribution in [-0.4, -0.2) is 29.3 Å². The molecule has 0 fully saturated rings. The first-order valence-corrected chi connectivity index (χ1v) is 10.4. The maximum Gasteiger partial charge on any atom is 0.266 e. The molecule has 8 nitrogen and oxygen atoms in total. The first-order valence-electron chi connectivity index (χ1n) is 9.51. The molecule has 5 rings (SSSR count). The molecule has 0 saturated heterocycles. The molecule has 0 radical (unpaired) electrons. The maximum atomic E-state index is 13.5. The number of fused-ring (bicyclic) bond motifs is 2. The largest absolute Gasteiger partial charge is 0.360 e. The molecule has 0 bridgehead atoms. The van der Waals surface area contributed by atoms with Crippen molar-refractivity contribution < 1.29 is 0 Å². The van der Waals surface area contributed by atoms with Gasteiger partial charge in [-0.3, -0.25) is 9.20 Å². The molecule has 1 atom stereocenters. The lowest BCUT2D eigenvalue weighted by Crippen LogP contribution is -2.23. The van der Waals surface area contributed by atoms with E-state index in [4.69, 9.17) is 4.98 Å². The number of aryl methyl sites for hydroxylation is 2. The van der Waals surface area contributed by atoms with E-state index >= 15 is 0 Å². The van der Waals surface area contributed by atoms with Gasteiger partial charge in [-0.15, -0.1) is 11.3 Å². The molecular formula is C21H19N7OS. The molecule has 9 heteroatoms. The van der Waals surface area contributed by atoms with Gasteiger partial charge in [-0.05, 0) is 26.3 Å². The summed E-state index contributed by atoms with van der Waals surface area (Å²) in [7, 11) is 0. The highest BCUT2D eigenvalue weighted by molar-refractivity contribution is 7.15. The summed E-state index contributed by atoms with van der Waals surface area (Å²) >= 11 is 1.46. The Morgan fingerprint density at radius 2 is 1.93 bits per heavy atom. The van der Waals surface area contributed by atoms with Crippen LogP contribution in [0.2, 0.25) is 0 Å². The molecule has 5 aromatic rings. The van der Waals surface area contributed by atoms with Gasteiger partial charge >= 0.3 is 0 Å². The molecule has 4 aromatic heterocycles. The van der Waals surface area contributed by atoms with Gasteiger partial charge in [0.25, 0.3) is 5.56 Å². The monoisotopic (exact) mass is 417 g/mol. The number of thiazole rings is 1. The normalized spacial score (nSPS) is 12.5. The number of hydrogen-bond donors (Lipinski definition) is 2. The fraction of sp³-hybridized carbons (Fsp3) is 0.190. The summed E-state index contributed by atoms with van der Waals surface area (Å²) in [6.45, 7) is 5.92. The third-order valence-electron chi connectivity index (χ3n) is 5.09. The van der Waals surface area contributed by atoms with Crippen molar-refractivity contribution in [2.75, 3.05) is 5.32 Å². The van der Waals surface area contributed by atoms with E-state index in [1.54, 1.807) is 10.7 Å². The summed E-state index contributed by atoms with van der Waals surface area (Å²) < 4.78 is 1.67.